The maximum atomic E-state index is 10.8. The van der Waals surface area contributed by atoms with E-state index in [1.807, 2.05) is 17.8 Å². The van der Waals surface area contributed by atoms with Crippen LogP contribution in [0, 0.1) is 0 Å². The normalized spacial score (nSPS) is 18.5. The van der Waals surface area contributed by atoms with E-state index in [1.54, 1.807) is 12.1 Å². The van der Waals surface area contributed by atoms with Crippen LogP contribution in [0.25, 0.3) is 0 Å². The van der Waals surface area contributed by atoms with Crippen LogP contribution in [0.4, 0.5) is 0 Å². The third-order valence-electron chi connectivity index (χ3n) is 2.44. The van der Waals surface area contributed by atoms with E-state index in [1.165, 1.54) is 0 Å². The van der Waals surface area contributed by atoms with E-state index < -0.39 is 5.97 Å². The molecule has 1 N–H and O–H groups in total. The smallest absolute Gasteiger partial charge is 0.352 e. The van der Waals surface area contributed by atoms with E-state index in [2.05, 4.69) is 4.90 Å². The van der Waals surface area contributed by atoms with Gasteiger partial charge in [-0.15, -0.1) is 0 Å². The number of carboxylic acids is 1. The predicted molar refractivity (Wildman–Crippen MR) is 47.9 cm³/mol. The maximum absolute atomic E-state index is 10.8. The first-order valence-electron chi connectivity index (χ1n) is 4.27. The Labute approximate surface area is 76.4 Å². The number of likely N-dealkylation sites (N-methyl/N-ethyl adjacent to an activating group) is 1. The summed E-state index contributed by atoms with van der Waals surface area (Å²) in [5.74, 6) is -0.848. The number of carbonyl (C=O) groups is 1. The summed E-state index contributed by atoms with van der Waals surface area (Å²) >= 11 is 0. The third kappa shape index (κ3) is 1.33. The maximum Gasteiger partial charge on any atom is 0.352 e. The lowest BCUT2D eigenvalue weighted by Crippen LogP contribution is -2.45. The highest BCUT2D eigenvalue weighted by atomic mass is 16.4. The summed E-state index contributed by atoms with van der Waals surface area (Å²) in [6.45, 7) is 1.88. The summed E-state index contributed by atoms with van der Waals surface area (Å²) < 4.78 is 1.84. The first-order chi connectivity index (χ1) is 6.18. The second-order valence-electron chi connectivity index (χ2n) is 3.48. The Morgan fingerprint density at radius 2 is 2.31 bits per heavy atom. The zero-order valence-corrected chi connectivity index (χ0v) is 7.47. The van der Waals surface area contributed by atoms with Gasteiger partial charge in [-0.2, -0.15) is 0 Å². The summed E-state index contributed by atoms with van der Waals surface area (Å²) in [6.07, 6.45) is 1.83. The highest BCUT2D eigenvalue weighted by Crippen LogP contribution is 2.21. The van der Waals surface area contributed by atoms with Gasteiger partial charge >= 0.3 is 5.97 Å². The van der Waals surface area contributed by atoms with Crippen molar-refractivity contribution in [3.63, 3.8) is 0 Å². The average molecular weight is 180 g/mol. The molecule has 0 atom stereocenters. The minimum absolute atomic E-state index is 0.339. The van der Waals surface area contributed by atoms with E-state index in [9.17, 15) is 4.79 Å². The number of aromatic nitrogens is 1. The summed E-state index contributed by atoms with van der Waals surface area (Å²) in [5, 5.41) is 8.85. The van der Waals surface area contributed by atoms with Crippen LogP contribution in [0.15, 0.2) is 18.3 Å². The molecule has 0 amide bonds. The molecule has 0 bridgehead atoms. The molecule has 70 valence electrons. The van der Waals surface area contributed by atoms with Crippen LogP contribution in [0.1, 0.15) is 16.5 Å². The molecule has 0 unspecified atom stereocenters. The number of hydrogen-bond donors (Lipinski definition) is 1. The van der Waals surface area contributed by atoms with Crippen molar-refractivity contribution in [2.24, 2.45) is 0 Å². The Bertz CT molecular complexity index is 326. The second-order valence-corrected chi connectivity index (χ2v) is 3.48. The molecule has 2 heterocycles. The summed E-state index contributed by atoms with van der Waals surface area (Å²) in [5.41, 5.74) is 0.387. The minimum Gasteiger partial charge on any atom is -0.477 e. The van der Waals surface area contributed by atoms with Gasteiger partial charge in [-0.05, 0) is 19.2 Å². The molecule has 1 aliphatic rings. The third-order valence-corrected chi connectivity index (χ3v) is 2.44. The van der Waals surface area contributed by atoms with Crippen molar-refractivity contribution in [3.05, 3.63) is 24.0 Å². The van der Waals surface area contributed by atoms with Crippen molar-refractivity contribution in [1.29, 1.82) is 0 Å². The molecule has 4 nitrogen and oxygen atoms in total. The van der Waals surface area contributed by atoms with Gasteiger partial charge in [0, 0.05) is 19.3 Å². The molecule has 1 saturated heterocycles. The van der Waals surface area contributed by atoms with Crippen molar-refractivity contribution < 1.29 is 9.90 Å². The zero-order valence-electron chi connectivity index (χ0n) is 7.47. The lowest BCUT2D eigenvalue weighted by molar-refractivity contribution is 0.0666. The largest absolute Gasteiger partial charge is 0.477 e. The van der Waals surface area contributed by atoms with Crippen molar-refractivity contribution in [3.8, 4) is 0 Å². The Morgan fingerprint density at radius 1 is 1.62 bits per heavy atom. The number of rotatable bonds is 2. The molecule has 2 rings (SSSR count). The molecule has 0 saturated carbocycles. The second kappa shape index (κ2) is 2.88. The first-order valence-corrected chi connectivity index (χ1v) is 4.27. The van der Waals surface area contributed by atoms with Gasteiger partial charge in [0.05, 0.1) is 6.04 Å². The van der Waals surface area contributed by atoms with Crippen molar-refractivity contribution >= 4 is 5.97 Å². The summed E-state index contributed by atoms with van der Waals surface area (Å²) in [7, 11) is 2.03. The fourth-order valence-electron chi connectivity index (χ4n) is 1.74. The van der Waals surface area contributed by atoms with Gasteiger partial charge in [0.15, 0.2) is 0 Å². The molecule has 0 spiro atoms. The first kappa shape index (κ1) is 8.31. The molecule has 1 aromatic heterocycles. The Morgan fingerprint density at radius 3 is 2.85 bits per heavy atom. The number of carboxylic acid groups (broad SMARTS) is 1. The van der Waals surface area contributed by atoms with Crippen molar-refractivity contribution in [2.75, 3.05) is 20.1 Å². The van der Waals surface area contributed by atoms with Crippen LogP contribution in [-0.2, 0) is 0 Å². The van der Waals surface area contributed by atoms with Gasteiger partial charge in [0.25, 0.3) is 0 Å². The van der Waals surface area contributed by atoms with E-state index in [4.69, 9.17) is 5.11 Å². The van der Waals surface area contributed by atoms with E-state index in [-0.39, 0.29) is 0 Å². The lowest BCUT2D eigenvalue weighted by Gasteiger charge is -2.37. The molecule has 13 heavy (non-hydrogen) atoms. The highest BCUT2D eigenvalue weighted by molar-refractivity contribution is 5.85. The molecule has 1 aromatic rings. The van der Waals surface area contributed by atoms with E-state index >= 15 is 0 Å². The van der Waals surface area contributed by atoms with Crippen LogP contribution >= 0.6 is 0 Å². The van der Waals surface area contributed by atoms with Gasteiger partial charge in [-0.25, -0.2) is 4.79 Å². The number of likely N-dealkylation sites (tertiary alicyclic amines) is 1. The fraction of sp³-hybridized carbons (Fsp3) is 0.444. The molecular formula is C9H12N2O2. The monoisotopic (exact) mass is 180 g/mol. The molecule has 1 aliphatic heterocycles. The van der Waals surface area contributed by atoms with Crippen molar-refractivity contribution in [1.82, 2.24) is 9.47 Å². The average Bonchev–Trinajstić information content (AvgIpc) is 2.45. The predicted octanol–water partition coefficient (Wildman–Crippen LogP) is 0.673. The molecule has 0 radical (unpaired) electrons. The van der Waals surface area contributed by atoms with Crippen LogP contribution < -0.4 is 0 Å². The Hall–Kier alpha value is -1.29. The van der Waals surface area contributed by atoms with Crippen molar-refractivity contribution in [2.45, 2.75) is 6.04 Å². The SMILES string of the molecule is CN1CC(n2cccc2C(=O)O)C1. The van der Waals surface area contributed by atoms with E-state index in [0.717, 1.165) is 13.1 Å². The number of nitrogens with zero attached hydrogens (tertiary/aromatic N) is 2. The quantitative estimate of drug-likeness (QED) is 0.727. The molecule has 0 aliphatic carbocycles. The van der Waals surface area contributed by atoms with Crippen LogP contribution in [0.5, 0.6) is 0 Å². The highest BCUT2D eigenvalue weighted by Gasteiger charge is 2.26. The van der Waals surface area contributed by atoms with E-state index in [0.29, 0.717) is 11.7 Å². The van der Waals surface area contributed by atoms with Gasteiger partial charge in [0.2, 0.25) is 0 Å². The van der Waals surface area contributed by atoms with Gasteiger partial charge in [-0.3, -0.25) is 0 Å². The summed E-state index contributed by atoms with van der Waals surface area (Å²) in [4.78, 5) is 12.9. The number of hydrogen-bond acceptors (Lipinski definition) is 2. The van der Waals surface area contributed by atoms with Crippen LogP contribution in [0.3, 0.4) is 0 Å². The Balaban J connectivity index is 2.20. The standard InChI is InChI=1S/C9H12N2O2/c1-10-5-7(6-10)11-4-2-3-8(11)9(12)13/h2-4,7H,5-6H2,1H3,(H,12,13). The lowest BCUT2D eigenvalue weighted by atomic mass is 10.1. The van der Waals surface area contributed by atoms with Gasteiger partial charge in [-0.1, -0.05) is 0 Å². The Kier molecular flexibility index (Phi) is 1.84. The topological polar surface area (TPSA) is 45.5 Å². The van der Waals surface area contributed by atoms with Gasteiger partial charge in [0.1, 0.15) is 5.69 Å². The zero-order chi connectivity index (χ0) is 9.42. The van der Waals surface area contributed by atoms with Crippen LogP contribution in [-0.4, -0.2) is 40.7 Å². The van der Waals surface area contributed by atoms with Crippen LogP contribution in [0.2, 0.25) is 0 Å². The molecule has 1 fully saturated rings. The van der Waals surface area contributed by atoms with Gasteiger partial charge < -0.3 is 14.6 Å². The summed E-state index contributed by atoms with van der Waals surface area (Å²) in [6, 6.07) is 3.76. The molecule has 0 aromatic carbocycles. The molecule has 4 heteroatoms. The molecular weight excluding hydrogens is 168 g/mol. The number of aromatic carboxylic acids is 1. The fourth-order valence-corrected chi connectivity index (χ4v) is 1.74. The minimum atomic E-state index is -0.848.